The third-order valence-electron chi connectivity index (χ3n) is 4.72. The highest BCUT2D eigenvalue weighted by molar-refractivity contribution is 7.92. The molecule has 152 valence electrons. The van der Waals surface area contributed by atoms with E-state index in [0.29, 0.717) is 31.4 Å². The van der Waals surface area contributed by atoms with E-state index >= 15 is 0 Å². The molecule has 0 N–H and O–H groups in total. The van der Waals surface area contributed by atoms with Crippen molar-refractivity contribution in [3.63, 3.8) is 0 Å². The number of halogens is 4. The SMILES string of the molecule is CN(c1ccc(F)cc1S(=O)(=O)C(F)(F)F)C1CCCN(c2cccnn2)C1. The van der Waals surface area contributed by atoms with Crippen LogP contribution in [0.1, 0.15) is 12.8 Å². The highest BCUT2D eigenvalue weighted by Gasteiger charge is 2.48. The molecule has 1 aliphatic heterocycles. The van der Waals surface area contributed by atoms with Gasteiger partial charge in [0, 0.05) is 32.4 Å². The molecule has 0 aliphatic carbocycles. The fraction of sp³-hybridized carbons (Fsp3) is 0.412. The van der Waals surface area contributed by atoms with Crippen LogP contribution in [0.25, 0.3) is 0 Å². The second-order valence-electron chi connectivity index (χ2n) is 6.50. The van der Waals surface area contributed by atoms with Gasteiger partial charge in [-0.25, -0.2) is 12.8 Å². The van der Waals surface area contributed by atoms with Crippen molar-refractivity contribution < 1.29 is 26.0 Å². The number of alkyl halides is 3. The van der Waals surface area contributed by atoms with Crippen LogP contribution in [0.4, 0.5) is 29.1 Å². The Hall–Kier alpha value is -2.43. The van der Waals surface area contributed by atoms with Crippen LogP contribution in [0.2, 0.25) is 0 Å². The van der Waals surface area contributed by atoms with Crippen molar-refractivity contribution in [2.45, 2.75) is 29.3 Å². The number of rotatable bonds is 4. The van der Waals surface area contributed by atoms with Gasteiger partial charge >= 0.3 is 5.51 Å². The molecule has 0 amide bonds. The minimum absolute atomic E-state index is 0.190. The molecule has 6 nitrogen and oxygen atoms in total. The predicted molar refractivity (Wildman–Crippen MR) is 95.3 cm³/mol. The lowest BCUT2D eigenvalue weighted by Gasteiger charge is -2.39. The van der Waals surface area contributed by atoms with Crippen LogP contribution in [0, 0.1) is 5.82 Å². The van der Waals surface area contributed by atoms with Crippen LogP contribution in [-0.2, 0) is 9.84 Å². The maximum Gasteiger partial charge on any atom is 0.501 e. The highest BCUT2D eigenvalue weighted by atomic mass is 32.2. The van der Waals surface area contributed by atoms with Gasteiger partial charge < -0.3 is 9.80 Å². The van der Waals surface area contributed by atoms with Crippen LogP contribution in [0.15, 0.2) is 41.4 Å². The van der Waals surface area contributed by atoms with Gasteiger partial charge in [-0.2, -0.15) is 18.3 Å². The summed E-state index contributed by atoms with van der Waals surface area (Å²) >= 11 is 0. The quantitative estimate of drug-likeness (QED) is 0.712. The number of hydrogen-bond donors (Lipinski definition) is 0. The Balaban J connectivity index is 1.93. The van der Waals surface area contributed by atoms with Gasteiger partial charge in [0.25, 0.3) is 9.84 Å². The van der Waals surface area contributed by atoms with E-state index in [-0.39, 0.29) is 11.7 Å². The van der Waals surface area contributed by atoms with Crippen molar-refractivity contribution >= 4 is 21.3 Å². The fourth-order valence-corrected chi connectivity index (χ4v) is 4.26. The van der Waals surface area contributed by atoms with E-state index in [2.05, 4.69) is 10.2 Å². The van der Waals surface area contributed by atoms with Gasteiger partial charge in [0.1, 0.15) is 10.7 Å². The zero-order valence-corrected chi connectivity index (χ0v) is 15.7. The topological polar surface area (TPSA) is 66.4 Å². The van der Waals surface area contributed by atoms with E-state index in [0.717, 1.165) is 18.6 Å². The smallest absolute Gasteiger partial charge is 0.369 e. The molecule has 1 saturated heterocycles. The molecule has 1 fully saturated rings. The third kappa shape index (κ3) is 3.89. The van der Waals surface area contributed by atoms with E-state index in [4.69, 9.17) is 0 Å². The van der Waals surface area contributed by atoms with Crippen LogP contribution < -0.4 is 9.80 Å². The number of hydrogen-bond acceptors (Lipinski definition) is 6. The lowest BCUT2D eigenvalue weighted by Crippen LogP contribution is -2.47. The summed E-state index contributed by atoms with van der Waals surface area (Å²) in [5, 5.41) is 7.85. The van der Waals surface area contributed by atoms with Crippen molar-refractivity contribution in [3.05, 3.63) is 42.3 Å². The van der Waals surface area contributed by atoms with Gasteiger partial charge in [0.2, 0.25) is 0 Å². The molecule has 2 heterocycles. The molecule has 1 aromatic carbocycles. The second-order valence-corrected chi connectivity index (χ2v) is 8.41. The molecule has 0 bridgehead atoms. The average molecular weight is 418 g/mol. The van der Waals surface area contributed by atoms with Gasteiger partial charge in [-0.15, -0.1) is 5.10 Å². The van der Waals surface area contributed by atoms with Gasteiger partial charge in [-0.1, -0.05) is 0 Å². The number of piperidine rings is 1. The summed E-state index contributed by atoms with van der Waals surface area (Å²) in [7, 11) is -4.19. The minimum atomic E-state index is -5.70. The molecule has 1 atom stereocenters. The fourth-order valence-electron chi connectivity index (χ4n) is 3.26. The number of sulfone groups is 1. The zero-order valence-electron chi connectivity index (χ0n) is 14.9. The number of likely N-dealkylation sites (N-methyl/N-ethyl adjacent to an activating group) is 1. The van der Waals surface area contributed by atoms with E-state index in [1.165, 1.54) is 18.1 Å². The molecule has 2 aromatic rings. The number of benzene rings is 1. The summed E-state index contributed by atoms with van der Waals surface area (Å²) in [6.07, 6.45) is 2.90. The van der Waals surface area contributed by atoms with Crippen molar-refractivity contribution in [2.24, 2.45) is 0 Å². The lowest BCUT2D eigenvalue weighted by atomic mass is 10.0. The maximum atomic E-state index is 13.6. The lowest BCUT2D eigenvalue weighted by molar-refractivity contribution is -0.0435. The third-order valence-corrected chi connectivity index (χ3v) is 6.24. The minimum Gasteiger partial charge on any atom is -0.369 e. The zero-order chi connectivity index (χ0) is 20.5. The Morgan fingerprint density at radius 3 is 2.64 bits per heavy atom. The predicted octanol–water partition coefficient (Wildman–Crippen LogP) is 3.01. The standard InChI is InChI=1S/C17H18F4N4O2S/c1-24(13-4-3-9-25(11-13)16-5-2-8-22-23-16)14-7-6-12(18)10-15(14)28(26,27)17(19,20)21/h2,5-8,10,13H,3-4,9,11H2,1H3. The maximum absolute atomic E-state index is 13.6. The Morgan fingerprint density at radius 1 is 1.25 bits per heavy atom. The summed E-state index contributed by atoms with van der Waals surface area (Å²) in [5.41, 5.74) is -5.71. The molecule has 0 spiro atoms. The van der Waals surface area contributed by atoms with E-state index in [9.17, 15) is 26.0 Å². The summed E-state index contributed by atoms with van der Waals surface area (Å²) in [6.45, 7) is 1.11. The Kier molecular flexibility index (Phi) is 5.46. The number of nitrogens with zero attached hydrogens (tertiary/aromatic N) is 4. The van der Waals surface area contributed by atoms with Gasteiger partial charge in [0.15, 0.2) is 5.82 Å². The molecular formula is C17H18F4N4O2S. The van der Waals surface area contributed by atoms with Gasteiger partial charge in [0.05, 0.1) is 5.69 Å². The summed E-state index contributed by atoms with van der Waals surface area (Å²) in [4.78, 5) is 2.30. The summed E-state index contributed by atoms with van der Waals surface area (Å²) in [6, 6.07) is 5.64. The molecule has 1 unspecified atom stereocenters. The highest BCUT2D eigenvalue weighted by Crippen LogP contribution is 2.37. The first kappa shape index (κ1) is 20.3. The first-order valence-electron chi connectivity index (χ1n) is 8.47. The molecular weight excluding hydrogens is 400 g/mol. The van der Waals surface area contributed by atoms with Crippen LogP contribution >= 0.6 is 0 Å². The molecule has 0 radical (unpaired) electrons. The van der Waals surface area contributed by atoms with Gasteiger partial charge in [-0.05, 0) is 43.2 Å². The number of anilines is 2. The summed E-state index contributed by atoms with van der Waals surface area (Å²) < 4.78 is 76.7. The van der Waals surface area contributed by atoms with E-state index < -0.39 is 26.1 Å². The monoisotopic (exact) mass is 418 g/mol. The van der Waals surface area contributed by atoms with E-state index in [1.54, 1.807) is 12.1 Å². The first-order chi connectivity index (χ1) is 13.1. The number of aromatic nitrogens is 2. The molecule has 3 rings (SSSR count). The molecule has 1 aliphatic rings. The molecule has 28 heavy (non-hydrogen) atoms. The van der Waals surface area contributed by atoms with Crippen LogP contribution in [0.3, 0.4) is 0 Å². The van der Waals surface area contributed by atoms with Crippen LogP contribution in [-0.4, -0.2) is 50.3 Å². The van der Waals surface area contributed by atoms with Crippen molar-refractivity contribution in [1.82, 2.24) is 10.2 Å². The van der Waals surface area contributed by atoms with Crippen molar-refractivity contribution in [3.8, 4) is 0 Å². The van der Waals surface area contributed by atoms with Crippen molar-refractivity contribution in [2.75, 3.05) is 29.9 Å². The Labute approximate surface area is 159 Å². The Bertz CT molecular complexity index is 938. The molecule has 1 aromatic heterocycles. The van der Waals surface area contributed by atoms with Crippen molar-refractivity contribution in [1.29, 1.82) is 0 Å². The van der Waals surface area contributed by atoms with Gasteiger partial charge in [-0.3, -0.25) is 0 Å². The first-order valence-corrected chi connectivity index (χ1v) is 9.96. The average Bonchev–Trinajstić information content (AvgIpc) is 2.67. The largest absolute Gasteiger partial charge is 0.501 e. The van der Waals surface area contributed by atoms with E-state index in [1.807, 2.05) is 4.90 Å². The van der Waals surface area contributed by atoms with Crippen LogP contribution in [0.5, 0.6) is 0 Å². The molecule has 11 heteroatoms. The normalized spacial score (nSPS) is 18.2. The molecule has 0 saturated carbocycles. The summed E-state index contributed by atoms with van der Waals surface area (Å²) in [5.74, 6) is -0.423. The second kappa shape index (κ2) is 7.53. The Morgan fingerprint density at radius 2 is 2.00 bits per heavy atom.